The number of aliphatic hydroxyl groups excluding tert-OH is 2. The summed E-state index contributed by atoms with van der Waals surface area (Å²) < 4.78 is 1.17. The van der Waals surface area contributed by atoms with E-state index in [1.54, 1.807) is 24.4 Å². The van der Waals surface area contributed by atoms with Gasteiger partial charge in [-0.3, -0.25) is 14.5 Å². The SMILES string of the molecule is O=C(N[C@@H]1Cc2cccnc2N(C[C@@H](O)CO)C1=O)c1cc2sc(Cl)c(Cl)c2[nH]1. The minimum atomic E-state index is -1.12. The van der Waals surface area contributed by atoms with Gasteiger partial charge in [-0.25, -0.2) is 4.98 Å². The number of rotatable bonds is 5. The van der Waals surface area contributed by atoms with Crippen LogP contribution >= 0.6 is 34.5 Å². The Morgan fingerprint density at radius 3 is 3.00 bits per heavy atom. The molecule has 4 N–H and O–H groups in total. The van der Waals surface area contributed by atoms with E-state index in [9.17, 15) is 14.7 Å². The van der Waals surface area contributed by atoms with Gasteiger partial charge in [-0.2, -0.15) is 0 Å². The van der Waals surface area contributed by atoms with Crippen LogP contribution in [0.25, 0.3) is 10.2 Å². The molecule has 0 unspecified atom stereocenters. The Balaban J connectivity index is 1.58. The molecule has 8 nitrogen and oxygen atoms in total. The second-order valence-electron chi connectivity index (χ2n) is 6.61. The first kappa shape index (κ1) is 20.1. The number of carbonyl (C=O) groups is 2. The van der Waals surface area contributed by atoms with Gasteiger partial charge < -0.3 is 20.5 Å². The fourth-order valence-corrected chi connectivity index (χ4v) is 4.75. The molecule has 0 saturated heterocycles. The first-order valence-electron chi connectivity index (χ1n) is 8.70. The minimum Gasteiger partial charge on any atom is -0.394 e. The van der Waals surface area contributed by atoms with Gasteiger partial charge in [0.2, 0.25) is 0 Å². The second-order valence-corrected chi connectivity index (χ2v) is 8.65. The van der Waals surface area contributed by atoms with Crippen LogP contribution in [0.2, 0.25) is 9.36 Å². The highest BCUT2D eigenvalue weighted by molar-refractivity contribution is 7.23. The van der Waals surface area contributed by atoms with Crippen molar-refractivity contribution >= 4 is 62.4 Å². The molecule has 0 radical (unpaired) electrons. The van der Waals surface area contributed by atoms with Crippen molar-refractivity contribution in [1.82, 2.24) is 15.3 Å². The van der Waals surface area contributed by atoms with E-state index in [-0.39, 0.29) is 18.7 Å². The van der Waals surface area contributed by atoms with Crippen molar-refractivity contribution in [1.29, 1.82) is 0 Å². The largest absolute Gasteiger partial charge is 0.394 e. The number of thiophene rings is 1. The van der Waals surface area contributed by atoms with Gasteiger partial charge in [0.15, 0.2) is 0 Å². The van der Waals surface area contributed by atoms with Crippen LogP contribution < -0.4 is 10.2 Å². The molecular weight excluding hydrogens is 439 g/mol. The number of aromatic amines is 1. The molecular formula is C18H16Cl2N4O4S. The number of halogens is 2. The number of hydrogen-bond acceptors (Lipinski definition) is 6. The van der Waals surface area contributed by atoms with E-state index in [2.05, 4.69) is 15.3 Å². The van der Waals surface area contributed by atoms with Gasteiger partial charge in [0.05, 0.1) is 34.5 Å². The number of hydrogen-bond donors (Lipinski definition) is 4. The molecule has 152 valence electrons. The Kier molecular flexibility index (Phi) is 5.50. The van der Waals surface area contributed by atoms with Crippen LogP contribution in [0.1, 0.15) is 16.1 Å². The maximum atomic E-state index is 13.0. The molecule has 29 heavy (non-hydrogen) atoms. The molecule has 4 heterocycles. The van der Waals surface area contributed by atoms with Crippen molar-refractivity contribution in [2.24, 2.45) is 0 Å². The molecule has 0 bridgehead atoms. The molecule has 0 saturated carbocycles. The molecule has 11 heteroatoms. The average Bonchev–Trinajstić information content (AvgIpc) is 3.24. The number of nitrogens with one attached hydrogen (secondary N) is 2. The van der Waals surface area contributed by atoms with Crippen LogP contribution in [0.5, 0.6) is 0 Å². The summed E-state index contributed by atoms with van der Waals surface area (Å²) in [5, 5.41) is 22.0. The number of β-amino-alcohol motifs (C(OH)–C–C–N with tert-alkyl or cyclic N) is 1. The molecule has 1 aliphatic rings. The number of aliphatic hydroxyl groups is 2. The Labute approximate surface area is 179 Å². The zero-order valence-corrected chi connectivity index (χ0v) is 17.2. The van der Waals surface area contributed by atoms with Crippen LogP contribution in [0, 0.1) is 0 Å². The summed E-state index contributed by atoms with van der Waals surface area (Å²) >= 11 is 13.4. The van der Waals surface area contributed by atoms with Crippen LogP contribution in [-0.4, -0.2) is 57.3 Å². The number of fused-ring (bicyclic) bond motifs is 2. The Morgan fingerprint density at radius 1 is 1.48 bits per heavy atom. The van der Waals surface area contributed by atoms with Crippen molar-refractivity contribution < 1.29 is 19.8 Å². The summed E-state index contributed by atoms with van der Waals surface area (Å²) in [5.74, 6) is -0.460. The smallest absolute Gasteiger partial charge is 0.268 e. The summed E-state index contributed by atoms with van der Waals surface area (Å²) in [6.07, 6.45) is 0.690. The average molecular weight is 455 g/mol. The van der Waals surface area contributed by atoms with Gasteiger partial charge in [-0.1, -0.05) is 29.3 Å². The topological polar surface area (TPSA) is 119 Å². The quantitative estimate of drug-likeness (QED) is 0.469. The van der Waals surface area contributed by atoms with Gasteiger partial charge in [0.25, 0.3) is 11.8 Å². The predicted molar refractivity (Wildman–Crippen MR) is 111 cm³/mol. The molecule has 1 aliphatic heterocycles. The molecule has 0 spiro atoms. The lowest BCUT2D eigenvalue weighted by Gasteiger charge is -2.34. The van der Waals surface area contributed by atoms with Gasteiger partial charge in [0, 0.05) is 12.6 Å². The van der Waals surface area contributed by atoms with Crippen molar-refractivity contribution in [2.75, 3.05) is 18.1 Å². The molecule has 4 rings (SSSR count). The lowest BCUT2D eigenvalue weighted by molar-refractivity contribution is -0.121. The van der Waals surface area contributed by atoms with Crippen molar-refractivity contribution in [2.45, 2.75) is 18.6 Å². The normalized spacial score (nSPS) is 17.4. The Bertz CT molecular complexity index is 1100. The van der Waals surface area contributed by atoms with E-state index in [0.717, 1.165) is 10.3 Å². The van der Waals surface area contributed by atoms with Gasteiger partial charge >= 0.3 is 0 Å². The van der Waals surface area contributed by atoms with Gasteiger partial charge in [-0.15, -0.1) is 11.3 Å². The van der Waals surface area contributed by atoms with Crippen LogP contribution in [0.3, 0.4) is 0 Å². The van der Waals surface area contributed by atoms with Crippen LogP contribution in [0.4, 0.5) is 5.82 Å². The van der Waals surface area contributed by atoms with Crippen molar-refractivity contribution in [3.63, 3.8) is 0 Å². The maximum Gasteiger partial charge on any atom is 0.268 e. The fraction of sp³-hybridized carbons (Fsp3) is 0.278. The molecule has 2 amide bonds. The molecule has 0 aromatic carbocycles. The predicted octanol–water partition coefficient (Wildman–Crippen LogP) is 1.97. The summed E-state index contributed by atoms with van der Waals surface area (Å²) in [6.45, 7) is -0.621. The number of carbonyl (C=O) groups excluding carboxylic acids is 2. The second kappa shape index (κ2) is 7.92. The number of nitrogens with zero attached hydrogens (tertiary/aromatic N) is 2. The highest BCUT2D eigenvalue weighted by atomic mass is 35.5. The van der Waals surface area contributed by atoms with E-state index in [1.807, 2.05) is 0 Å². The minimum absolute atomic E-state index is 0.127. The monoisotopic (exact) mass is 454 g/mol. The number of anilines is 1. The van der Waals surface area contributed by atoms with E-state index < -0.39 is 30.6 Å². The lowest BCUT2D eigenvalue weighted by atomic mass is 9.99. The molecule has 0 aliphatic carbocycles. The Hall–Kier alpha value is -2.17. The fourth-order valence-electron chi connectivity index (χ4n) is 3.27. The third kappa shape index (κ3) is 3.72. The molecule has 3 aromatic heterocycles. The first-order chi connectivity index (χ1) is 13.9. The lowest BCUT2D eigenvalue weighted by Crippen LogP contribution is -2.55. The van der Waals surface area contributed by atoms with E-state index in [4.69, 9.17) is 28.3 Å². The van der Waals surface area contributed by atoms with Crippen LogP contribution in [0.15, 0.2) is 24.4 Å². The number of aromatic nitrogens is 2. The third-order valence-electron chi connectivity index (χ3n) is 4.64. The molecule has 3 aromatic rings. The van der Waals surface area contributed by atoms with Gasteiger partial charge in [-0.05, 0) is 17.7 Å². The zero-order valence-electron chi connectivity index (χ0n) is 14.9. The standard InChI is InChI=1S/C18H16Cl2N4O4S/c19-13-14-12(29-15(13)20)5-10(22-14)17(27)23-11-4-8-2-1-3-21-16(8)24(18(11)28)6-9(26)7-25/h1-3,5,9,11,22,25-26H,4,6-7H2,(H,23,27)/t9-,11-/m1/s1. The van der Waals surface area contributed by atoms with E-state index in [0.29, 0.717) is 20.7 Å². The number of amides is 2. The number of H-pyrrole nitrogens is 1. The van der Waals surface area contributed by atoms with Crippen LogP contribution in [-0.2, 0) is 11.2 Å². The number of pyridine rings is 1. The molecule has 0 fully saturated rings. The highest BCUT2D eigenvalue weighted by Crippen LogP contribution is 2.38. The summed E-state index contributed by atoms with van der Waals surface area (Å²) in [6, 6.07) is 4.33. The van der Waals surface area contributed by atoms with Crippen molar-refractivity contribution in [3.05, 3.63) is 45.0 Å². The molecule has 2 atom stereocenters. The Morgan fingerprint density at radius 2 is 2.28 bits per heavy atom. The third-order valence-corrected chi connectivity index (χ3v) is 6.57. The van der Waals surface area contributed by atoms with Gasteiger partial charge in [0.1, 0.15) is 21.9 Å². The summed E-state index contributed by atoms with van der Waals surface area (Å²) in [4.78, 5) is 34.1. The van der Waals surface area contributed by atoms with E-state index >= 15 is 0 Å². The summed E-state index contributed by atoms with van der Waals surface area (Å²) in [5.41, 5.74) is 1.59. The summed E-state index contributed by atoms with van der Waals surface area (Å²) in [7, 11) is 0. The highest BCUT2D eigenvalue weighted by Gasteiger charge is 2.36. The maximum absolute atomic E-state index is 13.0. The zero-order chi connectivity index (χ0) is 20.7. The van der Waals surface area contributed by atoms with Crippen molar-refractivity contribution in [3.8, 4) is 0 Å². The van der Waals surface area contributed by atoms with E-state index in [1.165, 1.54) is 16.2 Å². The first-order valence-corrected chi connectivity index (χ1v) is 10.3.